The summed E-state index contributed by atoms with van der Waals surface area (Å²) in [7, 11) is 2.00. The molecule has 0 bridgehead atoms. The SMILES string of the molecule is Bc1coc2ccc(Cl)cc12. The molecule has 0 aliphatic rings. The topological polar surface area (TPSA) is 13.1 Å². The lowest BCUT2D eigenvalue weighted by molar-refractivity contribution is 0.618. The van der Waals surface area contributed by atoms with E-state index in [-0.39, 0.29) is 0 Å². The lowest BCUT2D eigenvalue weighted by Gasteiger charge is -1.89. The molecule has 1 aromatic heterocycles. The van der Waals surface area contributed by atoms with Crippen molar-refractivity contribution >= 4 is 35.9 Å². The van der Waals surface area contributed by atoms with E-state index in [0.29, 0.717) is 0 Å². The molecule has 0 N–H and O–H groups in total. The van der Waals surface area contributed by atoms with E-state index in [1.165, 1.54) is 0 Å². The summed E-state index contributed by atoms with van der Waals surface area (Å²) in [6.07, 6.45) is 1.74. The Morgan fingerprint density at radius 1 is 1.36 bits per heavy atom. The van der Waals surface area contributed by atoms with Crippen LogP contribution in [0.15, 0.2) is 28.9 Å². The monoisotopic (exact) mass is 164 g/mol. The van der Waals surface area contributed by atoms with Gasteiger partial charge in [-0.05, 0) is 23.7 Å². The number of hydrogen-bond acceptors (Lipinski definition) is 1. The molecule has 0 amide bonds. The average molecular weight is 164 g/mol. The first-order valence-electron chi connectivity index (χ1n) is 3.41. The molecule has 0 aliphatic carbocycles. The lowest BCUT2D eigenvalue weighted by atomic mass is 9.96. The first-order chi connectivity index (χ1) is 5.27. The van der Waals surface area contributed by atoms with E-state index in [4.69, 9.17) is 16.0 Å². The highest BCUT2D eigenvalue weighted by Crippen LogP contribution is 2.17. The molecule has 1 heterocycles. The molecule has 0 saturated heterocycles. The standard InChI is InChI=1S/C8H6BClO/c9-7-4-11-8-2-1-5(10)3-6(7)8/h1-4H,9H2. The Balaban J connectivity index is 2.87. The smallest absolute Gasteiger partial charge is 0.144 e. The first kappa shape index (κ1) is 6.80. The van der Waals surface area contributed by atoms with Crippen LogP contribution in [0.1, 0.15) is 0 Å². The second-order valence-electron chi connectivity index (χ2n) is 2.56. The van der Waals surface area contributed by atoms with Crippen LogP contribution in [0.4, 0.5) is 0 Å². The number of halogens is 1. The highest BCUT2D eigenvalue weighted by molar-refractivity contribution is 6.39. The van der Waals surface area contributed by atoms with Crippen LogP contribution in [0.25, 0.3) is 11.0 Å². The first-order valence-corrected chi connectivity index (χ1v) is 3.78. The predicted molar refractivity (Wildman–Crippen MR) is 49.4 cm³/mol. The summed E-state index contributed by atoms with van der Waals surface area (Å²) in [5.41, 5.74) is 2.02. The maximum absolute atomic E-state index is 5.81. The molecule has 1 nitrogen and oxygen atoms in total. The van der Waals surface area contributed by atoms with Gasteiger partial charge in [-0.1, -0.05) is 11.6 Å². The van der Waals surface area contributed by atoms with Crippen molar-refractivity contribution in [2.45, 2.75) is 0 Å². The van der Waals surface area contributed by atoms with Crippen LogP contribution in [-0.2, 0) is 0 Å². The van der Waals surface area contributed by atoms with Gasteiger partial charge < -0.3 is 4.42 Å². The summed E-state index contributed by atoms with van der Waals surface area (Å²) >= 11 is 5.81. The Bertz CT molecular complexity index is 394. The van der Waals surface area contributed by atoms with Gasteiger partial charge in [0.1, 0.15) is 13.4 Å². The molecule has 0 saturated carbocycles. The molecule has 0 radical (unpaired) electrons. The van der Waals surface area contributed by atoms with Crippen molar-refractivity contribution in [3.05, 3.63) is 29.5 Å². The van der Waals surface area contributed by atoms with E-state index >= 15 is 0 Å². The molecule has 54 valence electrons. The van der Waals surface area contributed by atoms with Crippen molar-refractivity contribution in [3.8, 4) is 0 Å². The van der Waals surface area contributed by atoms with Gasteiger partial charge in [0.2, 0.25) is 0 Å². The molecule has 0 fully saturated rings. The van der Waals surface area contributed by atoms with Crippen molar-refractivity contribution in [1.29, 1.82) is 0 Å². The van der Waals surface area contributed by atoms with Gasteiger partial charge in [0.05, 0.1) is 6.26 Å². The highest BCUT2D eigenvalue weighted by Gasteiger charge is 2.00. The molecule has 11 heavy (non-hydrogen) atoms. The average Bonchev–Trinajstić information content (AvgIpc) is 2.33. The summed E-state index contributed by atoms with van der Waals surface area (Å²) in [5.74, 6) is 0. The van der Waals surface area contributed by atoms with E-state index in [2.05, 4.69) is 0 Å². The zero-order valence-corrected chi connectivity index (χ0v) is 6.85. The summed E-state index contributed by atoms with van der Waals surface area (Å²) < 4.78 is 5.25. The van der Waals surface area contributed by atoms with E-state index in [0.717, 1.165) is 21.5 Å². The third-order valence-corrected chi connectivity index (χ3v) is 1.96. The third-order valence-electron chi connectivity index (χ3n) is 1.73. The second-order valence-corrected chi connectivity index (χ2v) is 3.00. The minimum atomic E-state index is 0.752. The normalized spacial score (nSPS) is 10.6. The van der Waals surface area contributed by atoms with Gasteiger partial charge in [-0.3, -0.25) is 0 Å². The lowest BCUT2D eigenvalue weighted by Crippen LogP contribution is -1.96. The second kappa shape index (κ2) is 2.31. The number of benzene rings is 1. The third kappa shape index (κ3) is 1.03. The minimum Gasteiger partial charge on any atom is -0.465 e. The molecule has 0 aliphatic heterocycles. The van der Waals surface area contributed by atoms with Gasteiger partial charge in [0, 0.05) is 10.4 Å². The molecule has 2 rings (SSSR count). The molecular formula is C8H6BClO. The Morgan fingerprint density at radius 3 is 3.00 bits per heavy atom. The summed E-state index contributed by atoms with van der Waals surface area (Å²) in [4.78, 5) is 0. The van der Waals surface area contributed by atoms with Gasteiger partial charge in [-0.2, -0.15) is 0 Å². The number of hydrogen-bond donors (Lipinski definition) is 0. The van der Waals surface area contributed by atoms with Gasteiger partial charge >= 0.3 is 0 Å². The van der Waals surface area contributed by atoms with Crippen molar-refractivity contribution in [1.82, 2.24) is 0 Å². The van der Waals surface area contributed by atoms with E-state index in [1.807, 2.05) is 26.0 Å². The highest BCUT2D eigenvalue weighted by atomic mass is 35.5. The number of rotatable bonds is 0. The Kier molecular flexibility index (Phi) is 1.43. The molecule has 2 aromatic rings. The zero-order chi connectivity index (χ0) is 7.84. The van der Waals surface area contributed by atoms with Crippen LogP contribution >= 0.6 is 11.6 Å². The van der Waals surface area contributed by atoms with Crippen molar-refractivity contribution in [2.75, 3.05) is 0 Å². The van der Waals surface area contributed by atoms with Crippen LogP contribution in [0.3, 0.4) is 0 Å². The molecule has 0 spiro atoms. The molecule has 0 unspecified atom stereocenters. The van der Waals surface area contributed by atoms with Gasteiger partial charge in [0.25, 0.3) is 0 Å². The Hall–Kier alpha value is -0.885. The van der Waals surface area contributed by atoms with Gasteiger partial charge in [-0.25, -0.2) is 0 Å². The summed E-state index contributed by atoms with van der Waals surface area (Å²) in [5, 5.41) is 1.85. The van der Waals surface area contributed by atoms with Crippen molar-refractivity contribution < 1.29 is 4.42 Å². The largest absolute Gasteiger partial charge is 0.465 e. The maximum Gasteiger partial charge on any atom is 0.144 e. The zero-order valence-electron chi connectivity index (χ0n) is 6.10. The fraction of sp³-hybridized carbons (Fsp3) is 0. The van der Waals surface area contributed by atoms with Crippen LogP contribution in [0.2, 0.25) is 5.02 Å². The number of fused-ring (bicyclic) bond motifs is 1. The number of furan rings is 1. The van der Waals surface area contributed by atoms with Crippen LogP contribution in [0, 0.1) is 0 Å². The summed E-state index contributed by atoms with van der Waals surface area (Å²) in [6.45, 7) is 0. The quantitative estimate of drug-likeness (QED) is 0.536. The summed E-state index contributed by atoms with van der Waals surface area (Å²) in [6, 6.07) is 5.62. The van der Waals surface area contributed by atoms with E-state index in [1.54, 1.807) is 6.26 Å². The Labute approximate surface area is 70.4 Å². The fourth-order valence-electron chi connectivity index (χ4n) is 1.13. The minimum absolute atomic E-state index is 0.752. The van der Waals surface area contributed by atoms with E-state index in [9.17, 15) is 0 Å². The molecule has 3 heteroatoms. The van der Waals surface area contributed by atoms with Gasteiger partial charge in [-0.15, -0.1) is 0 Å². The van der Waals surface area contributed by atoms with Crippen molar-refractivity contribution in [2.24, 2.45) is 0 Å². The fourth-order valence-corrected chi connectivity index (χ4v) is 1.30. The van der Waals surface area contributed by atoms with Crippen LogP contribution in [0.5, 0.6) is 0 Å². The Morgan fingerprint density at radius 2 is 2.18 bits per heavy atom. The van der Waals surface area contributed by atoms with E-state index < -0.39 is 0 Å². The van der Waals surface area contributed by atoms with Gasteiger partial charge in [0.15, 0.2) is 0 Å². The molecular weight excluding hydrogens is 158 g/mol. The predicted octanol–water partition coefficient (Wildman–Crippen LogP) is 1.34. The van der Waals surface area contributed by atoms with Crippen LogP contribution in [-0.4, -0.2) is 7.85 Å². The van der Waals surface area contributed by atoms with Crippen LogP contribution < -0.4 is 5.46 Å². The van der Waals surface area contributed by atoms with Crippen molar-refractivity contribution in [3.63, 3.8) is 0 Å². The maximum atomic E-state index is 5.81. The molecule has 0 atom stereocenters. The molecule has 1 aromatic carbocycles.